The SMILES string of the molecule is COC[C@@]1(C)[C@@H]2CC[C@]3(C)[C@H](CC=C4[C@@H]5CC(C)(C)[C@@H](OC)C[C@]5(C(=O)OC)[C@@H](OC)C[C@]43C)[C@@]2(C)C[C@H](OC)[C@@H]1O. The number of aliphatic hydroxyl groups excluding tert-OH is 1. The topological polar surface area (TPSA) is 83.5 Å². The van der Waals surface area contributed by atoms with Crippen molar-refractivity contribution in [2.45, 2.75) is 111 Å². The summed E-state index contributed by atoms with van der Waals surface area (Å²) in [7, 11) is 8.54. The molecular weight excluding hydrogens is 532 g/mol. The predicted octanol–water partition coefficient (Wildman–Crippen LogP) is 5.82. The van der Waals surface area contributed by atoms with E-state index >= 15 is 0 Å². The second-order valence-corrected chi connectivity index (χ2v) is 16.3. The average molecular weight is 591 g/mol. The quantitative estimate of drug-likeness (QED) is 0.308. The first-order valence-corrected chi connectivity index (χ1v) is 16.2. The van der Waals surface area contributed by atoms with Gasteiger partial charge in [0.25, 0.3) is 0 Å². The van der Waals surface area contributed by atoms with Gasteiger partial charge in [0.2, 0.25) is 0 Å². The number of hydrogen-bond donors (Lipinski definition) is 1. The molecule has 0 aromatic rings. The van der Waals surface area contributed by atoms with E-state index in [1.165, 1.54) is 12.7 Å². The summed E-state index contributed by atoms with van der Waals surface area (Å²) in [5.41, 5.74) is -0.0394. The fourth-order valence-electron chi connectivity index (χ4n) is 12.1. The van der Waals surface area contributed by atoms with Gasteiger partial charge < -0.3 is 28.8 Å². The van der Waals surface area contributed by atoms with Crippen LogP contribution < -0.4 is 0 Å². The molecule has 0 aromatic heterocycles. The molecule has 0 bridgehead atoms. The molecule has 5 aliphatic rings. The van der Waals surface area contributed by atoms with Crippen LogP contribution in [0.2, 0.25) is 0 Å². The van der Waals surface area contributed by atoms with E-state index in [0.29, 0.717) is 24.9 Å². The Kier molecular flexibility index (Phi) is 8.13. The van der Waals surface area contributed by atoms with Gasteiger partial charge in [0.1, 0.15) is 5.41 Å². The molecule has 4 saturated carbocycles. The van der Waals surface area contributed by atoms with E-state index in [1.54, 1.807) is 28.4 Å². The molecule has 0 heterocycles. The molecule has 4 fully saturated rings. The van der Waals surface area contributed by atoms with Gasteiger partial charge >= 0.3 is 5.97 Å². The third-order valence-corrected chi connectivity index (χ3v) is 14.4. The maximum absolute atomic E-state index is 13.9. The Morgan fingerprint density at radius 1 is 0.881 bits per heavy atom. The van der Waals surface area contributed by atoms with Crippen LogP contribution in [0.1, 0.15) is 86.5 Å². The average Bonchev–Trinajstić information content (AvgIpc) is 2.94. The highest BCUT2D eigenvalue weighted by molar-refractivity contribution is 5.80. The molecule has 0 unspecified atom stereocenters. The number of aliphatic hydroxyl groups is 1. The van der Waals surface area contributed by atoms with E-state index in [4.69, 9.17) is 23.7 Å². The molecule has 5 aliphatic carbocycles. The van der Waals surface area contributed by atoms with E-state index in [0.717, 1.165) is 38.5 Å². The molecule has 0 radical (unpaired) electrons. The van der Waals surface area contributed by atoms with Gasteiger partial charge in [0, 0.05) is 33.9 Å². The fourth-order valence-corrected chi connectivity index (χ4v) is 12.1. The molecule has 7 nitrogen and oxygen atoms in total. The number of carbonyl (C=O) groups is 1. The van der Waals surface area contributed by atoms with Crippen LogP contribution in [-0.4, -0.2) is 77.6 Å². The van der Waals surface area contributed by atoms with E-state index in [2.05, 4.69) is 47.6 Å². The lowest BCUT2D eigenvalue weighted by molar-refractivity contribution is -0.256. The lowest BCUT2D eigenvalue weighted by atomic mass is 9.33. The third-order valence-electron chi connectivity index (χ3n) is 14.4. The first-order chi connectivity index (χ1) is 19.6. The molecule has 42 heavy (non-hydrogen) atoms. The monoisotopic (exact) mass is 590 g/mol. The lowest BCUT2D eigenvalue weighted by Gasteiger charge is -2.72. The molecule has 0 aliphatic heterocycles. The number of esters is 1. The number of carbonyl (C=O) groups excluding carboxylic acids is 1. The van der Waals surface area contributed by atoms with Gasteiger partial charge in [-0.15, -0.1) is 0 Å². The Bertz CT molecular complexity index is 1090. The van der Waals surface area contributed by atoms with Crippen LogP contribution >= 0.6 is 0 Å². The predicted molar refractivity (Wildman–Crippen MR) is 162 cm³/mol. The first kappa shape index (κ1) is 32.4. The van der Waals surface area contributed by atoms with Crippen molar-refractivity contribution in [2.75, 3.05) is 42.2 Å². The molecule has 0 saturated heterocycles. The summed E-state index contributed by atoms with van der Waals surface area (Å²) in [5.74, 6) is 0.569. The number of rotatable bonds is 6. The van der Waals surface area contributed by atoms with Crippen molar-refractivity contribution >= 4 is 5.97 Å². The minimum atomic E-state index is -0.775. The van der Waals surface area contributed by atoms with Gasteiger partial charge in [-0.05, 0) is 84.4 Å². The molecule has 240 valence electrons. The number of methoxy groups -OCH3 is 5. The molecule has 7 heteroatoms. The van der Waals surface area contributed by atoms with Crippen LogP contribution in [0.25, 0.3) is 0 Å². The normalized spacial score (nSPS) is 51.3. The van der Waals surface area contributed by atoms with Crippen molar-refractivity contribution in [2.24, 2.45) is 50.2 Å². The van der Waals surface area contributed by atoms with Crippen LogP contribution in [0.5, 0.6) is 0 Å². The van der Waals surface area contributed by atoms with Gasteiger partial charge in [0.15, 0.2) is 0 Å². The van der Waals surface area contributed by atoms with Crippen LogP contribution in [0, 0.1) is 50.2 Å². The van der Waals surface area contributed by atoms with E-state index in [9.17, 15) is 9.90 Å². The zero-order valence-electron chi connectivity index (χ0n) is 28.2. The molecule has 0 amide bonds. The van der Waals surface area contributed by atoms with Crippen molar-refractivity contribution in [3.8, 4) is 0 Å². The molecule has 0 aromatic carbocycles. The third kappa shape index (κ3) is 3.98. The Balaban J connectivity index is 1.66. The van der Waals surface area contributed by atoms with Gasteiger partial charge in [0.05, 0.1) is 38.1 Å². The number of hydrogen-bond acceptors (Lipinski definition) is 7. The Morgan fingerprint density at radius 2 is 1.55 bits per heavy atom. The summed E-state index contributed by atoms with van der Waals surface area (Å²) in [6.45, 7) is 14.8. The number of allylic oxidation sites excluding steroid dienone is 2. The number of ether oxygens (including phenoxy) is 5. The van der Waals surface area contributed by atoms with Gasteiger partial charge in [-0.25, -0.2) is 0 Å². The largest absolute Gasteiger partial charge is 0.468 e. The summed E-state index contributed by atoms with van der Waals surface area (Å²) in [4.78, 5) is 13.9. The van der Waals surface area contributed by atoms with E-state index in [-0.39, 0.29) is 51.9 Å². The number of fused-ring (bicyclic) bond motifs is 7. The summed E-state index contributed by atoms with van der Waals surface area (Å²) in [6.07, 6.45) is 7.51. The standard InChI is InChI=1S/C35H58O7/c1-30(2)16-22-21-12-13-25-31(3)17-23(39-8)28(36)32(4,20-38-7)24(31)14-15-33(25,5)34(21,6)18-27(41-10)35(22,29(37)42-11)19-26(30)40-9/h12,22-28,36H,13-20H2,1-11H3/t22-,23-,24+,25+,26-,27-,28-,31-,32-,33+,34+,35+/m0/s1. The van der Waals surface area contributed by atoms with Crippen molar-refractivity contribution in [1.82, 2.24) is 0 Å². The summed E-state index contributed by atoms with van der Waals surface area (Å²) >= 11 is 0. The fraction of sp³-hybridized carbons (Fsp3) is 0.914. The maximum atomic E-state index is 13.9. The molecule has 12 atom stereocenters. The zero-order chi connectivity index (χ0) is 31.1. The molecule has 1 N–H and O–H groups in total. The van der Waals surface area contributed by atoms with E-state index in [1.807, 2.05) is 0 Å². The Labute approximate surface area is 254 Å². The summed E-state index contributed by atoms with van der Waals surface area (Å²) in [5, 5.41) is 11.6. The maximum Gasteiger partial charge on any atom is 0.315 e. The highest BCUT2D eigenvalue weighted by Gasteiger charge is 2.73. The van der Waals surface area contributed by atoms with Crippen LogP contribution in [0.4, 0.5) is 0 Å². The van der Waals surface area contributed by atoms with Crippen LogP contribution in [-0.2, 0) is 28.5 Å². The first-order valence-electron chi connectivity index (χ1n) is 16.2. The van der Waals surface area contributed by atoms with Crippen molar-refractivity contribution < 1.29 is 33.6 Å². The van der Waals surface area contributed by atoms with Gasteiger partial charge in [-0.1, -0.05) is 53.2 Å². The second-order valence-electron chi connectivity index (χ2n) is 16.3. The van der Waals surface area contributed by atoms with E-state index < -0.39 is 16.9 Å². The van der Waals surface area contributed by atoms with Crippen LogP contribution in [0.15, 0.2) is 11.6 Å². The molecule has 0 spiro atoms. The minimum absolute atomic E-state index is 0.0157. The minimum Gasteiger partial charge on any atom is -0.468 e. The van der Waals surface area contributed by atoms with Crippen LogP contribution in [0.3, 0.4) is 0 Å². The zero-order valence-corrected chi connectivity index (χ0v) is 28.2. The Hall–Kier alpha value is -0.990. The summed E-state index contributed by atoms with van der Waals surface area (Å²) in [6, 6.07) is 0. The second kappa shape index (κ2) is 10.5. The smallest absolute Gasteiger partial charge is 0.315 e. The lowest BCUT2D eigenvalue weighted by Crippen LogP contribution is -2.70. The molecule has 5 rings (SSSR count). The summed E-state index contributed by atoms with van der Waals surface area (Å²) < 4.78 is 29.8. The molecular formula is C35H58O7. The Morgan fingerprint density at radius 3 is 2.12 bits per heavy atom. The van der Waals surface area contributed by atoms with Crippen molar-refractivity contribution in [3.63, 3.8) is 0 Å². The van der Waals surface area contributed by atoms with Gasteiger partial charge in [-0.3, -0.25) is 4.79 Å². The van der Waals surface area contributed by atoms with Crippen molar-refractivity contribution in [3.05, 3.63) is 11.6 Å². The van der Waals surface area contributed by atoms with Crippen molar-refractivity contribution in [1.29, 1.82) is 0 Å². The van der Waals surface area contributed by atoms with Gasteiger partial charge in [-0.2, -0.15) is 0 Å². The highest BCUT2D eigenvalue weighted by atomic mass is 16.5. The highest BCUT2D eigenvalue weighted by Crippen LogP contribution is 2.76.